The van der Waals surface area contributed by atoms with Crippen molar-refractivity contribution in [1.82, 2.24) is 9.62 Å². The average molecular weight is 444 g/mol. The first-order valence-corrected chi connectivity index (χ1v) is 11.7. The van der Waals surface area contributed by atoms with Gasteiger partial charge in [0.1, 0.15) is 0 Å². The maximum absolute atomic E-state index is 12.9. The third-order valence-electron chi connectivity index (χ3n) is 5.42. The van der Waals surface area contributed by atoms with Gasteiger partial charge in [0, 0.05) is 35.9 Å². The Hall–Kier alpha value is -2.75. The highest BCUT2D eigenvalue weighted by molar-refractivity contribution is 7.89. The van der Waals surface area contributed by atoms with Crippen LogP contribution in [0.25, 0.3) is 0 Å². The molecule has 1 saturated heterocycles. The molecule has 4 rings (SSSR count). The van der Waals surface area contributed by atoms with Gasteiger partial charge in [0.2, 0.25) is 10.0 Å². The number of carbonyl (C=O) groups is 2. The van der Waals surface area contributed by atoms with Crippen LogP contribution in [0.3, 0.4) is 0 Å². The Morgan fingerprint density at radius 2 is 1.77 bits per heavy atom. The minimum Gasteiger partial charge on any atom is -0.378 e. The molecular formula is C22H25N3O5S. The van der Waals surface area contributed by atoms with E-state index in [2.05, 4.69) is 10.0 Å². The van der Waals surface area contributed by atoms with Crippen molar-refractivity contribution in [2.45, 2.75) is 30.7 Å². The van der Waals surface area contributed by atoms with Crippen LogP contribution in [-0.4, -0.2) is 57.5 Å². The van der Waals surface area contributed by atoms with Crippen molar-refractivity contribution in [3.05, 3.63) is 59.2 Å². The Morgan fingerprint density at radius 3 is 2.48 bits per heavy atom. The summed E-state index contributed by atoms with van der Waals surface area (Å²) in [5.41, 5.74) is 1.91. The lowest BCUT2D eigenvalue weighted by atomic mass is 10.0. The van der Waals surface area contributed by atoms with E-state index < -0.39 is 15.9 Å². The number of rotatable bonds is 6. The third-order valence-corrected chi connectivity index (χ3v) is 6.93. The van der Waals surface area contributed by atoms with Crippen LogP contribution < -0.4 is 10.0 Å². The van der Waals surface area contributed by atoms with E-state index in [9.17, 15) is 18.0 Å². The van der Waals surface area contributed by atoms with Gasteiger partial charge in [0.25, 0.3) is 11.8 Å². The van der Waals surface area contributed by atoms with Gasteiger partial charge in [-0.3, -0.25) is 9.59 Å². The fourth-order valence-electron chi connectivity index (χ4n) is 3.43. The lowest BCUT2D eigenvalue weighted by molar-refractivity contribution is 0.0302. The highest BCUT2D eigenvalue weighted by Gasteiger charge is 2.28. The minimum atomic E-state index is -3.65. The van der Waals surface area contributed by atoms with Gasteiger partial charge >= 0.3 is 0 Å². The molecule has 0 spiro atoms. The Bertz CT molecular complexity index is 1110. The molecule has 2 fully saturated rings. The molecule has 31 heavy (non-hydrogen) atoms. The second-order valence-corrected chi connectivity index (χ2v) is 9.47. The predicted molar refractivity (Wildman–Crippen MR) is 116 cm³/mol. The van der Waals surface area contributed by atoms with Gasteiger partial charge in [-0.05, 0) is 55.7 Å². The van der Waals surface area contributed by atoms with Crippen molar-refractivity contribution in [3.8, 4) is 0 Å². The number of ether oxygens (including phenoxy) is 1. The van der Waals surface area contributed by atoms with Crippen LogP contribution in [-0.2, 0) is 14.8 Å². The fraction of sp³-hybridized carbons (Fsp3) is 0.364. The van der Waals surface area contributed by atoms with Gasteiger partial charge in [-0.1, -0.05) is 12.1 Å². The first kappa shape index (κ1) is 21.5. The first-order valence-electron chi connectivity index (χ1n) is 10.3. The Kier molecular flexibility index (Phi) is 6.08. The van der Waals surface area contributed by atoms with Crippen molar-refractivity contribution >= 4 is 27.5 Å². The highest BCUT2D eigenvalue weighted by Crippen LogP contribution is 2.24. The molecule has 2 aromatic rings. The fourth-order valence-corrected chi connectivity index (χ4v) is 4.78. The van der Waals surface area contributed by atoms with Crippen LogP contribution in [0.5, 0.6) is 0 Å². The summed E-state index contributed by atoms with van der Waals surface area (Å²) < 4.78 is 32.8. The molecule has 0 atom stereocenters. The second-order valence-electron chi connectivity index (χ2n) is 7.76. The molecule has 1 heterocycles. The third kappa shape index (κ3) is 4.95. The number of amides is 2. The molecule has 164 valence electrons. The zero-order chi connectivity index (χ0) is 22.0. The SMILES string of the molecule is Cc1c(NC(=O)c2cccc(S(=O)(=O)NC3CC3)c2)cccc1C(=O)N1CCOCC1. The monoisotopic (exact) mass is 443 g/mol. The molecule has 9 heteroatoms. The van der Waals surface area contributed by atoms with Gasteiger partial charge in [-0.15, -0.1) is 0 Å². The summed E-state index contributed by atoms with van der Waals surface area (Å²) in [5.74, 6) is -0.543. The van der Waals surface area contributed by atoms with E-state index in [1.807, 2.05) is 0 Å². The molecule has 0 bridgehead atoms. The molecule has 2 aromatic carbocycles. The number of carbonyl (C=O) groups excluding carboxylic acids is 2. The molecule has 2 aliphatic rings. The van der Waals surface area contributed by atoms with Crippen LogP contribution in [0, 0.1) is 6.92 Å². The molecule has 8 nitrogen and oxygen atoms in total. The predicted octanol–water partition coefficient (Wildman–Crippen LogP) is 2.16. The second kappa shape index (κ2) is 8.78. The van der Waals surface area contributed by atoms with Crippen molar-refractivity contribution < 1.29 is 22.7 Å². The summed E-state index contributed by atoms with van der Waals surface area (Å²) in [7, 11) is -3.65. The number of hydrogen-bond acceptors (Lipinski definition) is 5. The highest BCUT2D eigenvalue weighted by atomic mass is 32.2. The van der Waals surface area contributed by atoms with Crippen molar-refractivity contribution in [2.75, 3.05) is 31.6 Å². The normalized spacial score (nSPS) is 16.7. The van der Waals surface area contributed by atoms with E-state index >= 15 is 0 Å². The summed E-state index contributed by atoms with van der Waals surface area (Å²) in [6.45, 7) is 3.87. The number of sulfonamides is 1. The lowest BCUT2D eigenvalue weighted by Gasteiger charge is -2.27. The van der Waals surface area contributed by atoms with Gasteiger partial charge in [-0.2, -0.15) is 0 Å². The van der Waals surface area contributed by atoms with Crippen LogP contribution in [0.1, 0.15) is 39.1 Å². The van der Waals surface area contributed by atoms with Gasteiger partial charge in [-0.25, -0.2) is 13.1 Å². The molecule has 1 saturated carbocycles. The Balaban J connectivity index is 1.52. The van der Waals surface area contributed by atoms with Gasteiger partial charge < -0.3 is 15.0 Å². The number of morpholine rings is 1. The molecule has 1 aliphatic carbocycles. The van der Waals surface area contributed by atoms with Crippen LogP contribution in [0.15, 0.2) is 47.4 Å². The summed E-state index contributed by atoms with van der Waals surface area (Å²) >= 11 is 0. The lowest BCUT2D eigenvalue weighted by Crippen LogP contribution is -2.41. The largest absolute Gasteiger partial charge is 0.378 e. The van der Waals surface area contributed by atoms with E-state index in [1.54, 1.807) is 42.2 Å². The summed E-state index contributed by atoms with van der Waals surface area (Å²) in [4.78, 5) is 27.5. The van der Waals surface area contributed by atoms with E-state index in [-0.39, 0.29) is 22.4 Å². The van der Waals surface area contributed by atoms with Gasteiger partial charge in [0.05, 0.1) is 18.1 Å². The summed E-state index contributed by atoms with van der Waals surface area (Å²) in [6, 6.07) is 11.1. The van der Waals surface area contributed by atoms with Crippen molar-refractivity contribution in [3.63, 3.8) is 0 Å². The molecule has 2 N–H and O–H groups in total. The topological polar surface area (TPSA) is 105 Å². The number of nitrogens with one attached hydrogen (secondary N) is 2. The zero-order valence-electron chi connectivity index (χ0n) is 17.3. The van der Waals surface area contributed by atoms with E-state index in [1.165, 1.54) is 12.1 Å². The van der Waals surface area contributed by atoms with Gasteiger partial charge in [0.15, 0.2) is 0 Å². The maximum Gasteiger partial charge on any atom is 0.255 e. The summed E-state index contributed by atoms with van der Waals surface area (Å²) in [5, 5.41) is 2.81. The number of hydrogen-bond donors (Lipinski definition) is 2. The molecule has 2 amide bonds. The Morgan fingerprint density at radius 1 is 1.06 bits per heavy atom. The van der Waals surface area contributed by atoms with Crippen molar-refractivity contribution in [2.24, 2.45) is 0 Å². The number of anilines is 1. The van der Waals surface area contributed by atoms with E-state index in [0.29, 0.717) is 43.1 Å². The summed E-state index contributed by atoms with van der Waals surface area (Å²) in [6.07, 6.45) is 1.66. The van der Waals surface area contributed by atoms with Crippen molar-refractivity contribution in [1.29, 1.82) is 0 Å². The molecular weight excluding hydrogens is 418 g/mol. The smallest absolute Gasteiger partial charge is 0.255 e. The van der Waals surface area contributed by atoms with Crippen LogP contribution >= 0.6 is 0 Å². The average Bonchev–Trinajstić information content (AvgIpc) is 3.59. The minimum absolute atomic E-state index is 0.0168. The zero-order valence-corrected chi connectivity index (χ0v) is 18.1. The molecule has 0 unspecified atom stereocenters. The van der Waals surface area contributed by atoms with E-state index in [0.717, 1.165) is 12.8 Å². The van der Waals surface area contributed by atoms with E-state index in [4.69, 9.17) is 4.74 Å². The number of nitrogens with zero attached hydrogens (tertiary/aromatic N) is 1. The van der Waals surface area contributed by atoms with Crippen LogP contribution in [0.2, 0.25) is 0 Å². The molecule has 1 aliphatic heterocycles. The quantitative estimate of drug-likeness (QED) is 0.712. The molecule has 0 radical (unpaired) electrons. The first-order chi connectivity index (χ1) is 14.8. The Labute approximate surface area is 181 Å². The maximum atomic E-state index is 12.9. The van der Waals surface area contributed by atoms with Crippen LogP contribution in [0.4, 0.5) is 5.69 Å². The number of benzene rings is 2. The standard InChI is InChI=1S/C22H25N3O5S/c1-15-19(22(27)25-10-12-30-13-11-25)6-3-7-20(15)23-21(26)16-4-2-5-18(14-16)31(28,29)24-17-8-9-17/h2-7,14,17,24H,8-13H2,1H3,(H,23,26). The molecule has 0 aromatic heterocycles.